The van der Waals surface area contributed by atoms with E-state index in [0.717, 1.165) is 11.1 Å². The Morgan fingerprint density at radius 3 is 2.83 bits per heavy atom. The van der Waals surface area contributed by atoms with Gasteiger partial charge in [-0.25, -0.2) is 0 Å². The molecule has 2 aliphatic heterocycles. The lowest BCUT2D eigenvalue weighted by molar-refractivity contribution is -0.123. The molecule has 2 heterocycles. The van der Waals surface area contributed by atoms with Gasteiger partial charge in [0.1, 0.15) is 11.5 Å². The highest BCUT2D eigenvalue weighted by molar-refractivity contribution is 5.96. The van der Waals surface area contributed by atoms with Gasteiger partial charge in [-0.3, -0.25) is 9.59 Å². The average molecular weight is 395 g/mol. The summed E-state index contributed by atoms with van der Waals surface area (Å²) in [6.45, 7) is 3.63. The Hall–Kier alpha value is -2.90. The van der Waals surface area contributed by atoms with Crippen LogP contribution in [-0.2, 0) is 16.1 Å². The van der Waals surface area contributed by atoms with Crippen molar-refractivity contribution in [3.05, 3.63) is 59.2 Å². The number of aryl methyl sites for hydroxylation is 1. The Balaban J connectivity index is 1.67. The van der Waals surface area contributed by atoms with E-state index in [0.29, 0.717) is 36.8 Å². The monoisotopic (exact) mass is 395 g/mol. The minimum Gasteiger partial charge on any atom is -0.457 e. The molecule has 0 saturated carbocycles. The smallest absolute Gasteiger partial charge is 0.254 e. The predicted molar refractivity (Wildman–Crippen MR) is 108 cm³/mol. The maximum Gasteiger partial charge on any atom is 0.254 e. The quantitative estimate of drug-likeness (QED) is 0.712. The van der Waals surface area contributed by atoms with Gasteiger partial charge in [0.25, 0.3) is 5.91 Å². The zero-order valence-electron chi connectivity index (χ0n) is 16.6. The number of nitrogens with one attached hydrogen (secondary N) is 2. The van der Waals surface area contributed by atoms with Crippen LogP contribution in [-0.4, -0.2) is 55.5 Å². The summed E-state index contributed by atoms with van der Waals surface area (Å²) in [5.41, 5.74) is 2.38. The highest BCUT2D eigenvalue weighted by atomic mass is 16.5. The number of ether oxygens (including phenoxy) is 2. The largest absolute Gasteiger partial charge is 0.457 e. The van der Waals surface area contributed by atoms with Crippen molar-refractivity contribution in [3.8, 4) is 11.5 Å². The van der Waals surface area contributed by atoms with Crippen LogP contribution in [0, 0.1) is 6.92 Å². The van der Waals surface area contributed by atoms with E-state index in [1.54, 1.807) is 19.2 Å². The lowest BCUT2D eigenvalue weighted by atomic mass is 10.1. The summed E-state index contributed by atoms with van der Waals surface area (Å²) in [4.78, 5) is 26.7. The fraction of sp³-hybridized carbons (Fsp3) is 0.364. The third kappa shape index (κ3) is 4.41. The Labute approximate surface area is 170 Å². The van der Waals surface area contributed by atoms with E-state index in [1.807, 2.05) is 37.3 Å². The second-order valence-electron chi connectivity index (χ2n) is 7.57. The molecule has 2 atom stereocenters. The van der Waals surface area contributed by atoms with Crippen molar-refractivity contribution in [3.63, 3.8) is 0 Å². The van der Waals surface area contributed by atoms with Crippen molar-refractivity contribution < 1.29 is 19.1 Å². The first-order valence-corrected chi connectivity index (χ1v) is 9.74. The van der Waals surface area contributed by atoms with Crippen LogP contribution in [0.4, 0.5) is 0 Å². The van der Waals surface area contributed by atoms with Crippen molar-refractivity contribution in [2.45, 2.75) is 25.7 Å². The Kier molecular flexibility index (Phi) is 5.51. The molecule has 0 aliphatic carbocycles. The van der Waals surface area contributed by atoms with E-state index in [-0.39, 0.29) is 30.5 Å². The Morgan fingerprint density at radius 1 is 1.10 bits per heavy atom. The number of hydrogen-bond donors (Lipinski definition) is 2. The first-order valence-electron chi connectivity index (χ1n) is 9.74. The Bertz CT molecular complexity index is 930. The molecule has 2 amide bonds. The highest BCUT2D eigenvalue weighted by Gasteiger charge is 2.30. The maximum atomic E-state index is 12.8. The molecule has 2 aromatic rings. The second kappa shape index (κ2) is 8.23. The van der Waals surface area contributed by atoms with E-state index in [2.05, 4.69) is 10.6 Å². The molecular weight excluding hydrogens is 370 g/mol. The average Bonchev–Trinajstić information content (AvgIpc) is 3.14. The lowest BCUT2D eigenvalue weighted by Gasteiger charge is -2.23. The van der Waals surface area contributed by atoms with Crippen molar-refractivity contribution >= 4 is 11.8 Å². The van der Waals surface area contributed by atoms with Crippen LogP contribution in [0.15, 0.2) is 42.5 Å². The molecule has 29 heavy (non-hydrogen) atoms. The van der Waals surface area contributed by atoms with Gasteiger partial charge in [0.15, 0.2) is 0 Å². The van der Waals surface area contributed by atoms with Gasteiger partial charge in [0, 0.05) is 25.7 Å². The molecule has 0 spiro atoms. The molecule has 2 N–H and O–H groups in total. The molecule has 1 saturated heterocycles. The normalized spacial score (nSPS) is 22.6. The van der Waals surface area contributed by atoms with Crippen LogP contribution in [0.2, 0.25) is 0 Å². The van der Waals surface area contributed by atoms with Gasteiger partial charge >= 0.3 is 0 Å². The zero-order valence-corrected chi connectivity index (χ0v) is 16.6. The number of likely N-dealkylation sites (N-methyl/N-ethyl adjacent to an activating group) is 1. The first-order chi connectivity index (χ1) is 14.0. The van der Waals surface area contributed by atoms with E-state index in [4.69, 9.17) is 9.47 Å². The molecule has 4 bridgehead atoms. The standard InChI is InChI=1S/C22H25N3O4/c1-14-6-7-16-9-19(14)29-17-5-3-4-15(8-17)13-28-20-11-23-10-18(20)24-21(26)12-25(2)22(16)27/h3-9,18,20,23H,10-13H2,1-2H3,(H,24,26)/t18-,20-/m0/s1. The van der Waals surface area contributed by atoms with Crippen molar-refractivity contribution in [2.24, 2.45) is 0 Å². The van der Waals surface area contributed by atoms with Gasteiger partial charge in [0.2, 0.25) is 5.91 Å². The fourth-order valence-corrected chi connectivity index (χ4v) is 3.61. The third-order valence-electron chi connectivity index (χ3n) is 5.26. The molecule has 7 heteroatoms. The number of carbonyl (C=O) groups excluding carboxylic acids is 2. The van der Waals surface area contributed by atoms with Crippen molar-refractivity contribution in [1.29, 1.82) is 0 Å². The molecule has 0 radical (unpaired) electrons. The van der Waals surface area contributed by atoms with Gasteiger partial charge < -0.3 is 25.0 Å². The number of benzene rings is 2. The summed E-state index contributed by atoms with van der Waals surface area (Å²) in [5.74, 6) is 0.858. The number of amides is 2. The number of fused-ring (bicyclic) bond motifs is 5. The minimum absolute atomic E-state index is 0.0227. The molecule has 0 unspecified atom stereocenters. The van der Waals surface area contributed by atoms with Crippen LogP contribution in [0.25, 0.3) is 0 Å². The van der Waals surface area contributed by atoms with Crippen molar-refractivity contribution in [1.82, 2.24) is 15.5 Å². The number of carbonyl (C=O) groups is 2. The molecule has 0 aromatic heterocycles. The summed E-state index contributed by atoms with van der Waals surface area (Å²) >= 11 is 0. The predicted octanol–water partition coefficient (Wildman–Crippen LogP) is 1.85. The summed E-state index contributed by atoms with van der Waals surface area (Å²) in [6.07, 6.45) is -0.132. The van der Waals surface area contributed by atoms with Gasteiger partial charge in [-0.15, -0.1) is 0 Å². The summed E-state index contributed by atoms with van der Waals surface area (Å²) in [7, 11) is 1.62. The highest BCUT2D eigenvalue weighted by Crippen LogP contribution is 2.27. The second-order valence-corrected chi connectivity index (χ2v) is 7.57. The van der Waals surface area contributed by atoms with E-state index in [9.17, 15) is 9.59 Å². The van der Waals surface area contributed by atoms with E-state index in [1.165, 1.54) is 4.90 Å². The van der Waals surface area contributed by atoms with Crippen LogP contribution < -0.4 is 15.4 Å². The molecule has 4 rings (SSSR count). The molecule has 7 nitrogen and oxygen atoms in total. The van der Waals surface area contributed by atoms with Crippen LogP contribution in [0.3, 0.4) is 0 Å². The molecule has 1 fully saturated rings. The Morgan fingerprint density at radius 2 is 1.97 bits per heavy atom. The third-order valence-corrected chi connectivity index (χ3v) is 5.26. The molecule has 2 aliphatic rings. The van der Waals surface area contributed by atoms with Crippen LogP contribution >= 0.6 is 0 Å². The fourth-order valence-electron chi connectivity index (χ4n) is 3.61. The van der Waals surface area contributed by atoms with Gasteiger partial charge in [-0.2, -0.15) is 0 Å². The van der Waals surface area contributed by atoms with E-state index < -0.39 is 0 Å². The summed E-state index contributed by atoms with van der Waals surface area (Å²) in [6, 6.07) is 12.9. The van der Waals surface area contributed by atoms with E-state index >= 15 is 0 Å². The maximum absolute atomic E-state index is 12.8. The minimum atomic E-state index is -0.233. The number of rotatable bonds is 0. The van der Waals surface area contributed by atoms with Gasteiger partial charge in [-0.1, -0.05) is 18.2 Å². The first kappa shape index (κ1) is 19.4. The zero-order chi connectivity index (χ0) is 20.4. The number of nitrogens with zero attached hydrogens (tertiary/aromatic N) is 1. The summed E-state index contributed by atoms with van der Waals surface area (Å²) in [5, 5.41) is 6.24. The topological polar surface area (TPSA) is 79.9 Å². The SMILES string of the molecule is Cc1ccc2cc1Oc1cccc(c1)CO[C@H]1CNC[C@@H]1NC(=O)CN(C)C2=O. The van der Waals surface area contributed by atoms with Gasteiger partial charge in [0.05, 0.1) is 25.3 Å². The molecule has 2 aromatic carbocycles. The molecular formula is C22H25N3O4. The van der Waals surface area contributed by atoms with Gasteiger partial charge in [-0.05, 0) is 42.3 Å². The molecule has 152 valence electrons. The van der Waals surface area contributed by atoms with Crippen LogP contribution in [0.5, 0.6) is 11.5 Å². The summed E-state index contributed by atoms with van der Waals surface area (Å²) < 4.78 is 12.1. The van der Waals surface area contributed by atoms with Crippen LogP contribution in [0.1, 0.15) is 21.5 Å². The number of hydrogen-bond acceptors (Lipinski definition) is 5. The van der Waals surface area contributed by atoms with Crippen molar-refractivity contribution in [2.75, 3.05) is 26.7 Å². The lowest BCUT2D eigenvalue weighted by Crippen LogP contribution is -2.48.